The number of methoxy groups -OCH3 is 1. The number of aromatic nitrogens is 1. The molecule has 0 aromatic carbocycles. The van der Waals surface area contributed by atoms with Gasteiger partial charge in [-0.1, -0.05) is 6.07 Å². The standard InChI is InChI=1S/C19H26N2O3/c1-18(2,3)24-17(22)21-12-5-7-15(21)19(11-12)10-9-14-13(19)6-8-16(20-14)23-4/h6,8,12,15H,5,7,9-11H2,1-4H3. The quantitative estimate of drug-likeness (QED) is 0.791. The number of hydrogen-bond acceptors (Lipinski definition) is 4. The van der Waals surface area contributed by atoms with Crippen LogP contribution in [0.4, 0.5) is 4.79 Å². The van der Waals surface area contributed by atoms with E-state index in [4.69, 9.17) is 9.47 Å². The first-order chi connectivity index (χ1) is 11.3. The molecule has 24 heavy (non-hydrogen) atoms. The zero-order valence-corrected chi connectivity index (χ0v) is 15.0. The topological polar surface area (TPSA) is 51.7 Å². The molecule has 5 heteroatoms. The van der Waals surface area contributed by atoms with E-state index >= 15 is 0 Å². The molecule has 3 unspecified atom stereocenters. The summed E-state index contributed by atoms with van der Waals surface area (Å²) in [5.41, 5.74) is 2.08. The van der Waals surface area contributed by atoms with E-state index in [1.807, 2.05) is 31.7 Å². The molecule has 1 aliphatic carbocycles. The number of pyridine rings is 1. The minimum Gasteiger partial charge on any atom is -0.481 e. The maximum absolute atomic E-state index is 12.7. The molecule has 0 N–H and O–H groups in total. The van der Waals surface area contributed by atoms with Crippen molar-refractivity contribution in [2.24, 2.45) is 0 Å². The molecule has 3 atom stereocenters. The summed E-state index contributed by atoms with van der Waals surface area (Å²) in [6.45, 7) is 5.79. The predicted molar refractivity (Wildman–Crippen MR) is 90.3 cm³/mol. The lowest BCUT2D eigenvalue weighted by Crippen LogP contribution is -2.44. The molecule has 3 heterocycles. The normalized spacial score (nSPS) is 30.8. The SMILES string of the molecule is COc1ccc2c(n1)CCC21CC2CCC1N2C(=O)OC(C)(C)C. The molecular weight excluding hydrogens is 304 g/mol. The molecule has 2 aliphatic heterocycles. The van der Waals surface area contributed by atoms with Crippen LogP contribution >= 0.6 is 0 Å². The summed E-state index contributed by atoms with van der Waals surface area (Å²) >= 11 is 0. The van der Waals surface area contributed by atoms with Crippen molar-refractivity contribution in [2.75, 3.05) is 7.11 Å². The van der Waals surface area contributed by atoms with Gasteiger partial charge in [-0.15, -0.1) is 0 Å². The zero-order valence-electron chi connectivity index (χ0n) is 15.0. The first-order valence-corrected chi connectivity index (χ1v) is 8.90. The summed E-state index contributed by atoms with van der Waals surface area (Å²) < 4.78 is 11.0. The van der Waals surface area contributed by atoms with Gasteiger partial charge in [-0.05, 0) is 58.4 Å². The average Bonchev–Trinajstić information content (AvgIpc) is 3.17. The number of hydrogen-bond donors (Lipinski definition) is 0. The molecule has 2 bridgehead atoms. The van der Waals surface area contributed by atoms with Crippen LogP contribution in [0.25, 0.3) is 0 Å². The van der Waals surface area contributed by atoms with E-state index in [2.05, 4.69) is 11.1 Å². The molecule has 1 aromatic heterocycles. The summed E-state index contributed by atoms with van der Waals surface area (Å²) in [5, 5.41) is 0. The molecule has 130 valence electrons. The fraction of sp³-hybridized carbons (Fsp3) is 0.684. The van der Waals surface area contributed by atoms with E-state index in [1.165, 1.54) is 5.56 Å². The van der Waals surface area contributed by atoms with Crippen molar-refractivity contribution in [3.63, 3.8) is 0 Å². The Morgan fingerprint density at radius 2 is 2.12 bits per heavy atom. The Labute approximate surface area is 143 Å². The van der Waals surface area contributed by atoms with E-state index in [9.17, 15) is 4.79 Å². The number of carbonyl (C=O) groups excluding carboxylic acids is 1. The van der Waals surface area contributed by atoms with Gasteiger partial charge in [0.15, 0.2) is 0 Å². The highest BCUT2D eigenvalue weighted by atomic mass is 16.6. The predicted octanol–water partition coefficient (Wildman–Crippen LogP) is 3.45. The molecule has 5 nitrogen and oxygen atoms in total. The van der Waals surface area contributed by atoms with Gasteiger partial charge in [-0.3, -0.25) is 0 Å². The summed E-state index contributed by atoms with van der Waals surface area (Å²) in [6, 6.07) is 4.67. The number of carbonyl (C=O) groups is 1. The lowest BCUT2D eigenvalue weighted by Gasteiger charge is -2.35. The van der Waals surface area contributed by atoms with Crippen molar-refractivity contribution in [1.82, 2.24) is 9.88 Å². The van der Waals surface area contributed by atoms with E-state index < -0.39 is 5.60 Å². The zero-order chi connectivity index (χ0) is 17.1. The van der Waals surface area contributed by atoms with Crippen LogP contribution in [0.2, 0.25) is 0 Å². The lowest BCUT2D eigenvalue weighted by atomic mass is 9.70. The van der Waals surface area contributed by atoms with Crippen LogP contribution in [-0.2, 0) is 16.6 Å². The number of amides is 1. The third kappa shape index (κ3) is 2.20. The fourth-order valence-electron chi connectivity index (χ4n) is 5.05. The molecule has 3 aliphatic rings. The van der Waals surface area contributed by atoms with Crippen LogP contribution in [0.3, 0.4) is 0 Å². The van der Waals surface area contributed by atoms with Crippen LogP contribution in [0, 0.1) is 0 Å². The minimum atomic E-state index is -0.450. The van der Waals surface area contributed by atoms with Gasteiger partial charge in [-0.2, -0.15) is 0 Å². The second kappa shape index (κ2) is 5.11. The van der Waals surface area contributed by atoms with Gasteiger partial charge in [0.1, 0.15) is 5.60 Å². The van der Waals surface area contributed by atoms with Gasteiger partial charge in [0.2, 0.25) is 5.88 Å². The smallest absolute Gasteiger partial charge is 0.410 e. The van der Waals surface area contributed by atoms with Gasteiger partial charge < -0.3 is 14.4 Å². The second-order valence-electron chi connectivity index (χ2n) is 8.34. The number of aryl methyl sites for hydroxylation is 1. The minimum absolute atomic E-state index is 0.0639. The number of nitrogens with zero attached hydrogens (tertiary/aromatic N) is 2. The molecular formula is C19H26N2O3. The molecule has 4 rings (SSSR count). The maximum Gasteiger partial charge on any atom is 0.410 e. The third-order valence-corrected chi connectivity index (χ3v) is 5.85. The van der Waals surface area contributed by atoms with Crippen molar-refractivity contribution >= 4 is 6.09 Å². The van der Waals surface area contributed by atoms with Crippen LogP contribution in [0.15, 0.2) is 12.1 Å². The third-order valence-electron chi connectivity index (χ3n) is 5.85. The fourth-order valence-corrected chi connectivity index (χ4v) is 5.05. The van der Waals surface area contributed by atoms with Crippen LogP contribution in [-0.4, -0.2) is 40.8 Å². The molecule has 2 saturated heterocycles. The van der Waals surface area contributed by atoms with Crippen molar-refractivity contribution in [3.05, 3.63) is 23.4 Å². The van der Waals surface area contributed by atoms with Gasteiger partial charge in [0, 0.05) is 29.3 Å². The Kier molecular flexibility index (Phi) is 3.35. The first kappa shape index (κ1) is 15.7. The number of ether oxygens (including phenoxy) is 2. The summed E-state index contributed by atoms with van der Waals surface area (Å²) in [6.07, 6.45) is 5.08. The highest BCUT2D eigenvalue weighted by molar-refractivity contribution is 5.71. The number of fused-ring (bicyclic) bond motifs is 5. The van der Waals surface area contributed by atoms with Gasteiger partial charge in [-0.25, -0.2) is 9.78 Å². The summed E-state index contributed by atoms with van der Waals surface area (Å²) in [5.74, 6) is 0.679. The van der Waals surface area contributed by atoms with Crippen molar-refractivity contribution in [2.45, 2.75) is 76.0 Å². The Morgan fingerprint density at radius 3 is 2.83 bits per heavy atom. The monoisotopic (exact) mass is 330 g/mol. The highest BCUT2D eigenvalue weighted by Gasteiger charge is 2.61. The molecule has 1 aromatic rings. The van der Waals surface area contributed by atoms with E-state index in [0.717, 1.165) is 37.8 Å². The maximum atomic E-state index is 12.7. The molecule has 0 saturated carbocycles. The van der Waals surface area contributed by atoms with E-state index in [-0.39, 0.29) is 17.6 Å². The molecule has 1 amide bonds. The van der Waals surface area contributed by atoms with Crippen molar-refractivity contribution in [3.8, 4) is 5.88 Å². The number of rotatable bonds is 1. The van der Waals surface area contributed by atoms with Gasteiger partial charge >= 0.3 is 6.09 Å². The first-order valence-electron chi connectivity index (χ1n) is 8.90. The second-order valence-corrected chi connectivity index (χ2v) is 8.34. The van der Waals surface area contributed by atoms with Crippen molar-refractivity contribution in [1.29, 1.82) is 0 Å². The largest absolute Gasteiger partial charge is 0.481 e. The Morgan fingerprint density at radius 1 is 1.33 bits per heavy atom. The Balaban J connectivity index is 1.65. The van der Waals surface area contributed by atoms with Crippen molar-refractivity contribution < 1.29 is 14.3 Å². The van der Waals surface area contributed by atoms with Crippen LogP contribution in [0.1, 0.15) is 57.7 Å². The van der Waals surface area contributed by atoms with E-state index in [0.29, 0.717) is 11.9 Å². The Bertz CT molecular complexity index is 682. The van der Waals surface area contributed by atoms with Crippen LogP contribution in [0.5, 0.6) is 5.88 Å². The summed E-state index contributed by atoms with van der Waals surface area (Å²) in [7, 11) is 1.65. The highest BCUT2D eigenvalue weighted by Crippen LogP contribution is 2.57. The average molecular weight is 330 g/mol. The van der Waals surface area contributed by atoms with Gasteiger partial charge in [0.05, 0.1) is 7.11 Å². The lowest BCUT2D eigenvalue weighted by molar-refractivity contribution is 0.0197. The van der Waals surface area contributed by atoms with Gasteiger partial charge in [0.25, 0.3) is 0 Å². The van der Waals surface area contributed by atoms with E-state index in [1.54, 1.807) is 7.11 Å². The molecule has 1 spiro atoms. The Hall–Kier alpha value is -1.78. The van der Waals surface area contributed by atoms with Crippen LogP contribution < -0.4 is 4.74 Å². The summed E-state index contributed by atoms with van der Waals surface area (Å²) in [4.78, 5) is 19.4. The molecule has 0 radical (unpaired) electrons. The molecule has 2 fully saturated rings.